The Bertz CT molecular complexity index is 680. The van der Waals surface area contributed by atoms with E-state index in [9.17, 15) is 13.2 Å². The van der Waals surface area contributed by atoms with Crippen LogP contribution in [0.5, 0.6) is 0 Å². The van der Waals surface area contributed by atoms with Crippen LogP contribution in [0.15, 0.2) is 22.0 Å². The molecule has 1 atom stereocenters. The highest BCUT2D eigenvalue weighted by atomic mass is 35.5. The Morgan fingerprint density at radius 2 is 1.90 bits per heavy atom. The number of hydrogen-bond donors (Lipinski definition) is 1. The van der Waals surface area contributed by atoms with E-state index in [2.05, 4.69) is 4.98 Å². The average molecular weight is 331 g/mol. The SMILES string of the molecule is O=c1[nH]cc(S(=O)(=O)N2CCCC2C2CCCC2)cc1Cl. The van der Waals surface area contributed by atoms with Crippen LogP contribution >= 0.6 is 11.6 Å². The summed E-state index contributed by atoms with van der Waals surface area (Å²) < 4.78 is 27.2. The molecule has 2 aliphatic rings. The first-order valence-electron chi connectivity index (χ1n) is 7.40. The number of H-pyrrole nitrogens is 1. The smallest absolute Gasteiger partial charge is 0.266 e. The zero-order valence-corrected chi connectivity index (χ0v) is 13.3. The van der Waals surface area contributed by atoms with Gasteiger partial charge in [-0.2, -0.15) is 4.31 Å². The lowest BCUT2D eigenvalue weighted by atomic mass is 9.97. The summed E-state index contributed by atoms with van der Waals surface area (Å²) in [5, 5.41) is -0.0901. The van der Waals surface area contributed by atoms with Gasteiger partial charge in [0.05, 0.1) is 4.90 Å². The number of aromatic amines is 1. The molecule has 2 fully saturated rings. The first-order valence-corrected chi connectivity index (χ1v) is 9.22. The lowest BCUT2D eigenvalue weighted by Crippen LogP contribution is -2.39. The second-order valence-electron chi connectivity index (χ2n) is 5.88. The highest BCUT2D eigenvalue weighted by molar-refractivity contribution is 7.89. The molecule has 7 heteroatoms. The summed E-state index contributed by atoms with van der Waals surface area (Å²) in [5.41, 5.74) is -0.468. The zero-order chi connectivity index (χ0) is 15.0. The van der Waals surface area contributed by atoms with Gasteiger partial charge in [0.25, 0.3) is 5.56 Å². The van der Waals surface area contributed by atoms with Gasteiger partial charge in [0.15, 0.2) is 0 Å². The van der Waals surface area contributed by atoms with Crippen LogP contribution in [0.25, 0.3) is 0 Å². The van der Waals surface area contributed by atoms with Crippen molar-refractivity contribution in [1.29, 1.82) is 0 Å². The lowest BCUT2D eigenvalue weighted by Gasteiger charge is -2.28. The summed E-state index contributed by atoms with van der Waals surface area (Å²) in [5.74, 6) is 0.473. The lowest BCUT2D eigenvalue weighted by molar-refractivity contribution is 0.288. The van der Waals surface area contributed by atoms with Crippen LogP contribution < -0.4 is 5.56 Å². The van der Waals surface area contributed by atoms with E-state index in [1.54, 1.807) is 4.31 Å². The van der Waals surface area contributed by atoms with E-state index in [4.69, 9.17) is 11.6 Å². The molecule has 1 aliphatic carbocycles. The van der Waals surface area contributed by atoms with Gasteiger partial charge in [-0.3, -0.25) is 4.79 Å². The summed E-state index contributed by atoms with van der Waals surface area (Å²) in [6.07, 6.45) is 7.69. The number of nitrogens with one attached hydrogen (secondary N) is 1. The van der Waals surface area contributed by atoms with E-state index in [1.165, 1.54) is 25.1 Å². The van der Waals surface area contributed by atoms with Crippen molar-refractivity contribution in [2.24, 2.45) is 5.92 Å². The fraction of sp³-hybridized carbons (Fsp3) is 0.643. The molecule has 21 heavy (non-hydrogen) atoms. The van der Waals surface area contributed by atoms with Crippen LogP contribution in [0.3, 0.4) is 0 Å². The number of halogens is 1. The number of rotatable bonds is 3. The summed E-state index contributed by atoms with van der Waals surface area (Å²) >= 11 is 5.76. The molecule has 3 rings (SSSR count). The van der Waals surface area contributed by atoms with Crippen LogP contribution in [-0.4, -0.2) is 30.3 Å². The maximum atomic E-state index is 12.8. The van der Waals surface area contributed by atoms with E-state index < -0.39 is 15.6 Å². The van der Waals surface area contributed by atoms with E-state index in [1.807, 2.05) is 0 Å². The highest BCUT2D eigenvalue weighted by Crippen LogP contribution is 2.37. The van der Waals surface area contributed by atoms with Gasteiger partial charge in [-0.1, -0.05) is 24.4 Å². The van der Waals surface area contributed by atoms with E-state index in [0.717, 1.165) is 25.7 Å². The maximum Gasteiger partial charge on any atom is 0.266 e. The fourth-order valence-electron chi connectivity index (χ4n) is 3.60. The summed E-state index contributed by atoms with van der Waals surface area (Å²) in [4.78, 5) is 13.8. The Morgan fingerprint density at radius 1 is 1.19 bits per heavy atom. The van der Waals surface area contributed by atoms with Gasteiger partial charge in [0, 0.05) is 18.8 Å². The molecule has 1 saturated heterocycles. The average Bonchev–Trinajstić information content (AvgIpc) is 3.11. The molecule has 0 spiro atoms. The van der Waals surface area contributed by atoms with Crippen LogP contribution in [0.4, 0.5) is 0 Å². The van der Waals surface area contributed by atoms with Crippen molar-refractivity contribution in [1.82, 2.24) is 9.29 Å². The third-order valence-corrected chi connectivity index (χ3v) is 6.81. The van der Waals surface area contributed by atoms with Crippen molar-refractivity contribution >= 4 is 21.6 Å². The maximum absolute atomic E-state index is 12.8. The summed E-state index contributed by atoms with van der Waals surface area (Å²) in [6, 6.07) is 1.35. The van der Waals surface area contributed by atoms with Gasteiger partial charge in [0.1, 0.15) is 5.02 Å². The van der Waals surface area contributed by atoms with E-state index >= 15 is 0 Å². The predicted molar refractivity (Wildman–Crippen MR) is 80.9 cm³/mol. The minimum Gasteiger partial charge on any atom is -0.326 e. The molecule has 1 unspecified atom stereocenters. The highest BCUT2D eigenvalue weighted by Gasteiger charge is 2.40. The van der Waals surface area contributed by atoms with Crippen molar-refractivity contribution in [3.05, 3.63) is 27.6 Å². The normalized spacial score (nSPS) is 24.7. The monoisotopic (exact) mass is 330 g/mol. The molecule has 116 valence electrons. The van der Waals surface area contributed by atoms with Gasteiger partial charge >= 0.3 is 0 Å². The quantitative estimate of drug-likeness (QED) is 0.925. The number of nitrogens with zero attached hydrogens (tertiary/aromatic N) is 1. The molecular weight excluding hydrogens is 312 g/mol. The van der Waals surface area contributed by atoms with Crippen molar-refractivity contribution < 1.29 is 8.42 Å². The minimum atomic E-state index is -3.59. The molecule has 2 heterocycles. The molecule has 5 nitrogen and oxygen atoms in total. The molecule has 1 aromatic rings. The number of hydrogen-bond acceptors (Lipinski definition) is 3. The van der Waals surface area contributed by atoms with Crippen molar-refractivity contribution in [2.45, 2.75) is 49.5 Å². The van der Waals surface area contributed by atoms with Crippen LogP contribution in [0.2, 0.25) is 5.02 Å². The number of pyridine rings is 1. The Hall–Kier alpha value is -0.850. The van der Waals surface area contributed by atoms with E-state index in [-0.39, 0.29) is 16.0 Å². The largest absolute Gasteiger partial charge is 0.326 e. The molecule has 1 saturated carbocycles. The van der Waals surface area contributed by atoms with Gasteiger partial charge in [-0.25, -0.2) is 8.42 Å². The van der Waals surface area contributed by atoms with Crippen molar-refractivity contribution in [3.63, 3.8) is 0 Å². The minimum absolute atomic E-state index is 0.0806. The predicted octanol–water partition coefficient (Wildman–Crippen LogP) is 2.37. The number of aromatic nitrogens is 1. The Morgan fingerprint density at radius 3 is 2.57 bits per heavy atom. The Kier molecular flexibility index (Phi) is 4.12. The third-order valence-electron chi connectivity index (χ3n) is 4.63. The third kappa shape index (κ3) is 2.76. The summed E-state index contributed by atoms with van der Waals surface area (Å²) in [6.45, 7) is 0.556. The van der Waals surface area contributed by atoms with Crippen LogP contribution in [-0.2, 0) is 10.0 Å². The molecule has 0 bridgehead atoms. The second kappa shape index (κ2) is 5.74. The summed E-state index contributed by atoms with van der Waals surface area (Å²) in [7, 11) is -3.59. The zero-order valence-electron chi connectivity index (χ0n) is 11.7. The molecular formula is C14H19ClN2O3S. The molecule has 0 radical (unpaired) electrons. The van der Waals surface area contributed by atoms with Crippen LogP contribution in [0.1, 0.15) is 38.5 Å². The molecule has 1 N–H and O–H groups in total. The van der Waals surface area contributed by atoms with Gasteiger partial charge in [-0.15, -0.1) is 0 Å². The fourth-order valence-corrected chi connectivity index (χ4v) is 5.59. The molecule has 1 aliphatic heterocycles. The van der Waals surface area contributed by atoms with Gasteiger partial charge < -0.3 is 4.98 Å². The van der Waals surface area contributed by atoms with Gasteiger partial charge in [0.2, 0.25) is 10.0 Å². The first kappa shape index (κ1) is 15.1. The number of sulfonamides is 1. The first-order chi connectivity index (χ1) is 10.00. The van der Waals surface area contributed by atoms with E-state index in [0.29, 0.717) is 12.5 Å². The van der Waals surface area contributed by atoms with Crippen molar-refractivity contribution in [2.75, 3.05) is 6.54 Å². The molecule has 0 aromatic carbocycles. The Balaban J connectivity index is 1.92. The Labute approximate surface area is 129 Å². The van der Waals surface area contributed by atoms with Crippen LogP contribution in [0, 0.1) is 5.92 Å². The topological polar surface area (TPSA) is 70.2 Å². The van der Waals surface area contributed by atoms with Gasteiger partial charge in [-0.05, 0) is 37.7 Å². The second-order valence-corrected chi connectivity index (χ2v) is 8.18. The molecule has 0 amide bonds. The van der Waals surface area contributed by atoms with Crippen molar-refractivity contribution in [3.8, 4) is 0 Å². The standard InChI is InChI=1S/C14H19ClN2O3S/c15-12-8-11(9-16-14(12)18)21(19,20)17-7-3-6-13(17)10-4-1-2-5-10/h8-10,13H,1-7H2,(H,16,18). The molecule has 1 aromatic heterocycles.